The largest absolute Gasteiger partial charge is 0.324 e. The Kier molecular flexibility index (Phi) is 3.07. The Morgan fingerprint density at radius 2 is 2.19 bits per heavy atom. The fraction of sp³-hybridized carbons (Fsp3) is 0. The lowest BCUT2D eigenvalue weighted by atomic mass is 10.3. The lowest BCUT2D eigenvalue weighted by molar-refractivity contribution is 1.15. The predicted molar refractivity (Wildman–Crippen MR) is 62.4 cm³/mol. The first kappa shape index (κ1) is 10.5. The molecular formula is C10H8ClN5. The normalized spacial score (nSPS) is 9.81. The lowest BCUT2D eigenvalue weighted by Crippen LogP contribution is -2.01. The maximum Gasteiger partial charge on any atom is 0.224 e. The predicted octanol–water partition coefficient (Wildman–Crippen LogP) is 2.27. The molecule has 0 saturated carbocycles. The highest BCUT2D eigenvalue weighted by atomic mass is 35.5. The highest BCUT2D eigenvalue weighted by Gasteiger charge is 2.04. The van der Waals surface area contributed by atoms with Crippen molar-refractivity contribution in [2.75, 3.05) is 5.32 Å². The molecule has 0 unspecified atom stereocenters. The number of hydrogen-bond donors (Lipinski definition) is 2. The first-order valence-electron chi connectivity index (χ1n) is 4.50. The maximum absolute atomic E-state index is 7.21. The van der Waals surface area contributed by atoms with Crippen LogP contribution in [-0.2, 0) is 0 Å². The molecule has 0 amide bonds. The maximum atomic E-state index is 7.21. The van der Waals surface area contributed by atoms with Crippen LogP contribution in [0.5, 0.6) is 0 Å². The van der Waals surface area contributed by atoms with Crippen molar-refractivity contribution in [2.24, 2.45) is 0 Å². The first-order valence-corrected chi connectivity index (χ1v) is 4.88. The highest BCUT2D eigenvalue weighted by molar-refractivity contribution is 6.28. The third kappa shape index (κ3) is 2.32. The molecule has 0 saturated heterocycles. The van der Waals surface area contributed by atoms with Crippen molar-refractivity contribution >= 4 is 29.5 Å². The molecule has 2 aromatic rings. The molecule has 2 N–H and O–H groups in total. The van der Waals surface area contributed by atoms with Gasteiger partial charge in [-0.25, -0.2) is 9.97 Å². The molecule has 80 valence electrons. The van der Waals surface area contributed by atoms with Crippen LogP contribution in [0.25, 0.3) is 0 Å². The number of pyridine rings is 1. The van der Waals surface area contributed by atoms with Gasteiger partial charge in [0.15, 0.2) is 0 Å². The van der Waals surface area contributed by atoms with Gasteiger partial charge >= 0.3 is 0 Å². The van der Waals surface area contributed by atoms with E-state index in [1.165, 1.54) is 6.20 Å². The molecule has 0 atom stereocenters. The Bertz CT molecular complexity index is 500. The van der Waals surface area contributed by atoms with Gasteiger partial charge in [0.05, 0.1) is 5.56 Å². The van der Waals surface area contributed by atoms with E-state index in [9.17, 15) is 0 Å². The molecule has 0 fully saturated rings. The van der Waals surface area contributed by atoms with E-state index in [4.69, 9.17) is 17.0 Å². The molecule has 0 bridgehead atoms. The summed E-state index contributed by atoms with van der Waals surface area (Å²) < 4.78 is 0. The summed E-state index contributed by atoms with van der Waals surface area (Å²) in [7, 11) is 0. The van der Waals surface area contributed by atoms with E-state index in [0.717, 1.165) is 6.21 Å². The van der Waals surface area contributed by atoms with Crippen molar-refractivity contribution in [3.63, 3.8) is 0 Å². The van der Waals surface area contributed by atoms with Crippen LogP contribution in [0.15, 0.2) is 30.6 Å². The summed E-state index contributed by atoms with van der Waals surface area (Å²) in [5, 5.41) is 10.3. The van der Waals surface area contributed by atoms with Gasteiger partial charge in [0.2, 0.25) is 5.28 Å². The zero-order valence-electron chi connectivity index (χ0n) is 8.18. The Labute approximate surface area is 97.1 Å². The summed E-state index contributed by atoms with van der Waals surface area (Å²) in [6, 6.07) is 5.46. The Morgan fingerprint density at radius 3 is 2.88 bits per heavy atom. The van der Waals surface area contributed by atoms with E-state index in [2.05, 4.69) is 20.3 Å². The van der Waals surface area contributed by atoms with Crippen LogP contribution in [0.1, 0.15) is 5.56 Å². The van der Waals surface area contributed by atoms with Gasteiger partial charge in [-0.05, 0) is 23.7 Å². The molecule has 0 spiro atoms. The van der Waals surface area contributed by atoms with Crippen molar-refractivity contribution in [1.82, 2.24) is 15.0 Å². The minimum absolute atomic E-state index is 0.129. The Hall–Kier alpha value is -2.01. The average Bonchev–Trinajstić information content (AvgIpc) is 2.31. The highest BCUT2D eigenvalue weighted by Crippen LogP contribution is 2.16. The summed E-state index contributed by atoms with van der Waals surface area (Å²) in [5.74, 6) is 1.11. The summed E-state index contributed by atoms with van der Waals surface area (Å²) in [6.07, 6.45) is 4.30. The van der Waals surface area contributed by atoms with Crippen LogP contribution < -0.4 is 5.32 Å². The molecule has 5 nitrogen and oxygen atoms in total. The second kappa shape index (κ2) is 4.67. The number of hydrogen-bond acceptors (Lipinski definition) is 5. The van der Waals surface area contributed by atoms with Crippen molar-refractivity contribution in [1.29, 1.82) is 5.41 Å². The first-order chi connectivity index (χ1) is 7.79. The molecule has 0 aliphatic rings. The van der Waals surface area contributed by atoms with Crippen LogP contribution in [0.4, 0.5) is 11.6 Å². The number of rotatable bonds is 3. The molecule has 0 aliphatic heterocycles. The van der Waals surface area contributed by atoms with E-state index in [0.29, 0.717) is 17.2 Å². The summed E-state index contributed by atoms with van der Waals surface area (Å²) in [5.41, 5.74) is 0.551. The van der Waals surface area contributed by atoms with Crippen molar-refractivity contribution < 1.29 is 0 Å². The van der Waals surface area contributed by atoms with Gasteiger partial charge in [-0.2, -0.15) is 4.98 Å². The van der Waals surface area contributed by atoms with Crippen LogP contribution in [0.3, 0.4) is 0 Å². The SMILES string of the molecule is N=Cc1cnc(Cl)nc1Nc1ccccn1. The third-order valence-corrected chi connectivity index (χ3v) is 2.04. The van der Waals surface area contributed by atoms with Gasteiger partial charge in [-0.1, -0.05) is 6.07 Å². The van der Waals surface area contributed by atoms with Gasteiger partial charge in [0.25, 0.3) is 0 Å². The van der Waals surface area contributed by atoms with Gasteiger partial charge in [0, 0.05) is 18.6 Å². The van der Waals surface area contributed by atoms with Crippen LogP contribution in [0, 0.1) is 5.41 Å². The summed E-state index contributed by atoms with van der Waals surface area (Å²) in [4.78, 5) is 11.9. The lowest BCUT2D eigenvalue weighted by Gasteiger charge is -2.06. The number of nitrogens with zero attached hydrogens (tertiary/aromatic N) is 3. The minimum atomic E-state index is 0.129. The Balaban J connectivity index is 2.33. The van der Waals surface area contributed by atoms with Crippen molar-refractivity contribution in [3.8, 4) is 0 Å². The molecule has 0 aromatic carbocycles. The van der Waals surface area contributed by atoms with Gasteiger partial charge in [-0.15, -0.1) is 0 Å². The third-order valence-electron chi connectivity index (χ3n) is 1.85. The van der Waals surface area contributed by atoms with Crippen molar-refractivity contribution in [2.45, 2.75) is 0 Å². The summed E-state index contributed by atoms with van der Waals surface area (Å²) >= 11 is 5.68. The molecular weight excluding hydrogens is 226 g/mol. The van der Waals surface area contributed by atoms with Crippen LogP contribution in [-0.4, -0.2) is 21.2 Å². The molecule has 2 aromatic heterocycles. The van der Waals surface area contributed by atoms with E-state index in [1.807, 2.05) is 12.1 Å². The molecule has 0 aliphatic carbocycles. The minimum Gasteiger partial charge on any atom is -0.324 e. The van der Waals surface area contributed by atoms with Gasteiger partial charge < -0.3 is 10.7 Å². The van der Waals surface area contributed by atoms with Gasteiger partial charge in [0.1, 0.15) is 11.6 Å². The quantitative estimate of drug-likeness (QED) is 0.630. The van der Waals surface area contributed by atoms with E-state index < -0.39 is 0 Å². The smallest absolute Gasteiger partial charge is 0.224 e. The number of halogens is 1. The second-order valence-electron chi connectivity index (χ2n) is 2.93. The number of nitrogens with one attached hydrogen (secondary N) is 2. The van der Waals surface area contributed by atoms with Crippen molar-refractivity contribution in [3.05, 3.63) is 41.4 Å². The zero-order chi connectivity index (χ0) is 11.4. The van der Waals surface area contributed by atoms with Crippen LogP contribution in [0.2, 0.25) is 5.28 Å². The van der Waals surface area contributed by atoms with E-state index in [1.54, 1.807) is 12.3 Å². The fourth-order valence-corrected chi connectivity index (χ4v) is 1.27. The molecule has 0 radical (unpaired) electrons. The number of aromatic nitrogens is 3. The fourth-order valence-electron chi connectivity index (χ4n) is 1.13. The molecule has 16 heavy (non-hydrogen) atoms. The standard InChI is InChI=1S/C10H8ClN5/c11-10-14-6-7(5-12)9(16-10)15-8-3-1-2-4-13-8/h1-6,12H,(H,13,14,15,16). The second-order valence-corrected chi connectivity index (χ2v) is 3.27. The van der Waals surface area contributed by atoms with Gasteiger partial charge in [-0.3, -0.25) is 0 Å². The summed E-state index contributed by atoms with van der Waals surface area (Å²) in [6.45, 7) is 0. The molecule has 2 heterocycles. The Morgan fingerprint density at radius 1 is 1.31 bits per heavy atom. The van der Waals surface area contributed by atoms with E-state index in [-0.39, 0.29) is 5.28 Å². The van der Waals surface area contributed by atoms with E-state index >= 15 is 0 Å². The zero-order valence-corrected chi connectivity index (χ0v) is 8.94. The molecule has 2 rings (SSSR count). The van der Waals surface area contributed by atoms with Crippen LogP contribution >= 0.6 is 11.6 Å². The molecule has 6 heteroatoms. The monoisotopic (exact) mass is 233 g/mol. The average molecular weight is 234 g/mol. The number of anilines is 2. The topological polar surface area (TPSA) is 74.6 Å².